The Morgan fingerprint density at radius 3 is 2.62 bits per heavy atom. The highest BCUT2D eigenvalue weighted by molar-refractivity contribution is 7.17. The molecule has 0 unspecified atom stereocenters. The Balaban J connectivity index is 1.12. The Labute approximate surface area is 177 Å². The highest BCUT2D eigenvalue weighted by Gasteiger charge is 2.17. The standard InChI is InChI=1S/C24H30N2O2S/c1-27-23-5-3-2-4-22(23)19-26-12-10-25(11-13-26)14-16-28-15-8-20-6-7-24-21(18-20)9-17-29-24/h2-7,9,17-18H,8,10-16,19H2,1H3. The van der Waals surface area contributed by atoms with E-state index in [1.807, 2.05) is 12.1 Å². The molecule has 0 amide bonds. The molecule has 0 bridgehead atoms. The van der Waals surface area contributed by atoms with Crippen molar-refractivity contribution in [2.75, 3.05) is 53.0 Å². The van der Waals surface area contributed by atoms with Crippen LogP contribution in [-0.4, -0.2) is 62.8 Å². The van der Waals surface area contributed by atoms with Gasteiger partial charge in [-0.15, -0.1) is 11.3 Å². The van der Waals surface area contributed by atoms with Crippen LogP contribution >= 0.6 is 11.3 Å². The van der Waals surface area contributed by atoms with E-state index >= 15 is 0 Å². The van der Waals surface area contributed by atoms with Gasteiger partial charge < -0.3 is 9.47 Å². The van der Waals surface area contributed by atoms with Crippen molar-refractivity contribution >= 4 is 21.4 Å². The van der Waals surface area contributed by atoms with Crippen LogP contribution in [0.25, 0.3) is 10.1 Å². The smallest absolute Gasteiger partial charge is 0.123 e. The van der Waals surface area contributed by atoms with Gasteiger partial charge in [0.2, 0.25) is 0 Å². The van der Waals surface area contributed by atoms with Gasteiger partial charge in [0.1, 0.15) is 5.75 Å². The van der Waals surface area contributed by atoms with Gasteiger partial charge in [0, 0.05) is 49.5 Å². The summed E-state index contributed by atoms with van der Waals surface area (Å²) in [6.45, 7) is 7.99. The molecule has 1 aliphatic rings. The van der Waals surface area contributed by atoms with E-state index in [0.717, 1.165) is 64.7 Å². The molecule has 4 rings (SSSR count). The van der Waals surface area contributed by atoms with Gasteiger partial charge in [-0.05, 0) is 40.9 Å². The van der Waals surface area contributed by atoms with Crippen molar-refractivity contribution in [1.82, 2.24) is 9.80 Å². The van der Waals surface area contributed by atoms with Crippen LogP contribution in [0.2, 0.25) is 0 Å². The summed E-state index contributed by atoms with van der Waals surface area (Å²) in [6.07, 6.45) is 0.985. The predicted molar refractivity (Wildman–Crippen MR) is 121 cm³/mol. The minimum atomic E-state index is 0.795. The predicted octanol–water partition coefficient (Wildman–Crippen LogP) is 4.29. The van der Waals surface area contributed by atoms with Crippen molar-refractivity contribution in [3.63, 3.8) is 0 Å². The van der Waals surface area contributed by atoms with E-state index in [9.17, 15) is 0 Å². The largest absolute Gasteiger partial charge is 0.496 e. The molecule has 1 fully saturated rings. The van der Waals surface area contributed by atoms with Gasteiger partial charge in [-0.1, -0.05) is 30.3 Å². The van der Waals surface area contributed by atoms with Crippen molar-refractivity contribution in [3.05, 3.63) is 65.0 Å². The van der Waals surface area contributed by atoms with Gasteiger partial charge in [0.05, 0.1) is 20.3 Å². The molecule has 154 valence electrons. The van der Waals surface area contributed by atoms with Crippen LogP contribution in [-0.2, 0) is 17.7 Å². The first kappa shape index (κ1) is 20.4. The van der Waals surface area contributed by atoms with E-state index < -0.39 is 0 Å². The summed E-state index contributed by atoms with van der Waals surface area (Å²) in [5.74, 6) is 0.987. The molecule has 0 saturated carbocycles. The lowest BCUT2D eigenvalue weighted by atomic mass is 10.1. The van der Waals surface area contributed by atoms with Crippen molar-refractivity contribution in [2.24, 2.45) is 0 Å². The molecule has 1 aromatic heterocycles. The summed E-state index contributed by atoms with van der Waals surface area (Å²) in [5.41, 5.74) is 2.63. The Kier molecular flexibility index (Phi) is 7.17. The van der Waals surface area contributed by atoms with Gasteiger partial charge in [-0.3, -0.25) is 9.80 Å². The van der Waals surface area contributed by atoms with Gasteiger partial charge in [0.25, 0.3) is 0 Å². The monoisotopic (exact) mass is 410 g/mol. The van der Waals surface area contributed by atoms with Crippen LogP contribution in [0.1, 0.15) is 11.1 Å². The Morgan fingerprint density at radius 2 is 1.76 bits per heavy atom. The second kappa shape index (κ2) is 10.2. The molecule has 1 aliphatic heterocycles. The number of hydrogen-bond donors (Lipinski definition) is 0. The third-order valence-electron chi connectivity index (χ3n) is 5.66. The van der Waals surface area contributed by atoms with E-state index in [-0.39, 0.29) is 0 Å². The maximum Gasteiger partial charge on any atom is 0.123 e. The first-order valence-corrected chi connectivity index (χ1v) is 11.3. The summed E-state index contributed by atoms with van der Waals surface area (Å²) < 4.78 is 12.8. The maximum atomic E-state index is 5.92. The zero-order valence-corrected chi connectivity index (χ0v) is 18.0. The zero-order valence-electron chi connectivity index (χ0n) is 17.2. The molecule has 0 spiro atoms. The molecule has 0 aliphatic carbocycles. The van der Waals surface area contributed by atoms with Gasteiger partial charge in [-0.2, -0.15) is 0 Å². The lowest BCUT2D eigenvalue weighted by Crippen LogP contribution is -2.46. The first-order valence-electron chi connectivity index (χ1n) is 10.4. The van der Waals surface area contributed by atoms with Crippen LogP contribution in [0.5, 0.6) is 5.75 Å². The van der Waals surface area contributed by atoms with Crippen LogP contribution in [0.4, 0.5) is 0 Å². The van der Waals surface area contributed by atoms with E-state index in [4.69, 9.17) is 9.47 Å². The summed E-state index contributed by atoms with van der Waals surface area (Å²) in [7, 11) is 1.75. The average Bonchev–Trinajstić information content (AvgIpc) is 3.23. The number of methoxy groups -OCH3 is 1. The van der Waals surface area contributed by atoms with Crippen molar-refractivity contribution < 1.29 is 9.47 Å². The van der Waals surface area contributed by atoms with Crippen molar-refractivity contribution in [2.45, 2.75) is 13.0 Å². The van der Waals surface area contributed by atoms with Crippen LogP contribution < -0.4 is 4.74 Å². The molecular weight excluding hydrogens is 380 g/mol. The number of piperazine rings is 1. The molecule has 29 heavy (non-hydrogen) atoms. The highest BCUT2D eigenvalue weighted by Crippen LogP contribution is 2.22. The Morgan fingerprint density at radius 1 is 0.931 bits per heavy atom. The number of nitrogens with zero attached hydrogens (tertiary/aromatic N) is 2. The summed E-state index contributed by atoms with van der Waals surface area (Å²) in [5, 5.41) is 3.50. The number of hydrogen-bond acceptors (Lipinski definition) is 5. The molecule has 4 nitrogen and oxygen atoms in total. The minimum absolute atomic E-state index is 0.795. The van der Waals surface area contributed by atoms with E-state index in [0.29, 0.717) is 0 Å². The summed E-state index contributed by atoms with van der Waals surface area (Å²) >= 11 is 1.80. The summed E-state index contributed by atoms with van der Waals surface area (Å²) in [6, 6.07) is 17.2. The van der Waals surface area contributed by atoms with Gasteiger partial charge >= 0.3 is 0 Å². The molecular formula is C24H30N2O2S. The number of thiophene rings is 1. The topological polar surface area (TPSA) is 24.9 Å². The van der Waals surface area contributed by atoms with Crippen LogP contribution in [0, 0.1) is 0 Å². The van der Waals surface area contributed by atoms with Crippen molar-refractivity contribution in [3.8, 4) is 5.75 Å². The molecule has 2 heterocycles. The SMILES string of the molecule is COc1ccccc1CN1CCN(CCOCCc2ccc3sccc3c2)CC1. The molecule has 0 atom stereocenters. The maximum absolute atomic E-state index is 5.92. The minimum Gasteiger partial charge on any atom is -0.496 e. The fraction of sp³-hybridized carbons (Fsp3) is 0.417. The number of rotatable bonds is 9. The molecule has 5 heteroatoms. The number of para-hydroxylation sites is 1. The van der Waals surface area contributed by atoms with E-state index in [2.05, 4.69) is 51.6 Å². The van der Waals surface area contributed by atoms with Gasteiger partial charge in [-0.25, -0.2) is 0 Å². The fourth-order valence-electron chi connectivity index (χ4n) is 3.90. The van der Waals surface area contributed by atoms with E-state index in [1.54, 1.807) is 18.4 Å². The quantitative estimate of drug-likeness (QED) is 0.492. The normalized spacial score (nSPS) is 15.8. The number of ether oxygens (including phenoxy) is 2. The lowest BCUT2D eigenvalue weighted by molar-refractivity contribution is 0.0745. The third-order valence-corrected chi connectivity index (χ3v) is 6.55. The summed E-state index contributed by atoms with van der Waals surface area (Å²) in [4.78, 5) is 5.02. The van der Waals surface area contributed by atoms with Crippen molar-refractivity contribution in [1.29, 1.82) is 0 Å². The van der Waals surface area contributed by atoms with Gasteiger partial charge in [0.15, 0.2) is 0 Å². The molecule has 1 saturated heterocycles. The number of fused-ring (bicyclic) bond motifs is 1. The second-order valence-electron chi connectivity index (χ2n) is 7.58. The molecule has 0 N–H and O–H groups in total. The second-order valence-corrected chi connectivity index (χ2v) is 8.53. The first-order chi connectivity index (χ1) is 14.3. The lowest BCUT2D eigenvalue weighted by Gasteiger charge is -2.34. The highest BCUT2D eigenvalue weighted by atomic mass is 32.1. The molecule has 3 aromatic rings. The fourth-order valence-corrected chi connectivity index (χ4v) is 4.67. The van der Waals surface area contributed by atoms with Crippen LogP contribution in [0.15, 0.2) is 53.9 Å². The molecule has 2 aromatic carbocycles. The average molecular weight is 411 g/mol. The number of benzene rings is 2. The zero-order chi connectivity index (χ0) is 19.9. The Bertz CT molecular complexity index is 903. The Hall–Kier alpha value is -1.92. The molecule has 0 radical (unpaired) electrons. The van der Waals surface area contributed by atoms with Crippen LogP contribution in [0.3, 0.4) is 0 Å². The van der Waals surface area contributed by atoms with E-state index in [1.165, 1.54) is 21.2 Å². The third kappa shape index (κ3) is 5.58.